The molecule has 0 aliphatic rings. The van der Waals surface area contributed by atoms with Gasteiger partial charge in [-0.15, -0.1) is 0 Å². The van der Waals surface area contributed by atoms with E-state index in [-0.39, 0.29) is 11.7 Å². The minimum atomic E-state index is -0.352. The Bertz CT molecular complexity index is 900. The highest BCUT2D eigenvalue weighted by atomic mass is 35.5. The fraction of sp³-hybridized carbons (Fsp3) is 0.0588. The maximum Gasteiger partial charge on any atom is 0.286 e. The molecule has 1 amide bonds. The van der Waals surface area contributed by atoms with Gasteiger partial charge in [-0.3, -0.25) is 21.1 Å². The number of aryl methyl sites for hydroxylation is 1. The van der Waals surface area contributed by atoms with Crippen LogP contribution in [0.2, 0.25) is 5.02 Å². The van der Waals surface area contributed by atoms with Gasteiger partial charge >= 0.3 is 0 Å². The van der Waals surface area contributed by atoms with Crippen molar-refractivity contribution in [3.8, 4) is 0 Å². The number of aromatic nitrogens is 1. The van der Waals surface area contributed by atoms with Crippen LogP contribution >= 0.6 is 11.6 Å². The molecule has 0 aliphatic carbocycles. The van der Waals surface area contributed by atoms with Crippen LogP contribution in [-0.4, -0.2) is 16.7 Å². The van der Waals surface area contributed by atoms with E-state index in [1.165, 1.54) is 0 Å². The van der Waals surface area contributed by atoms with Crippen LogP contribution in [0, 0.1) is 12.3 Å². The van der Waals surface area contributed by atoms with Crippen LogP contribution in [0.15, 0.2) is 48.5 Å². The summed E-state index contributed by atoms with van der Waals surface area (Å²) in [6, 6.07) is 14.6. The first-order chi connectivity index (χ1) is 11.0. The standard InChI is InChI=1S/C17H15ClN4O/c1-10-3-2-4-11(7-10)16(19)21-22-17(23)15-9-12-8-13(18)5-6-14(12)20-15/h2-9,20H,1H3,(H2,19,21)(H,22,23). The Balaban J connectivity index is 1.69. The molecule has 5 nitrogen and oxygen atoms in total. The van der Waals surface area contributed by atoms with Crippen LogP contribution in [0.4, 0.5) is 0 Å². The maximum absolute atomic E-state index is 12.2. The molecule has 0 saturated heterocycles. The SMILES string of the molecule is Cc1cccc(C(=N)NNC(=O)c2cc3cc(Cl)ccc3[nH]2)c1. The lowest BCUT2D eigenvalue weighted by Gasteiger charge is -2.09. The number of fused-ring (bicyclic) bond motifs is 1. The number of rotatable bonds is 2. The Morgan fingerprint density at radius 2 is 1.96 bits per heavy atom. The number of nitrogens with one attached hydrogen (secondary N) is 4. The molecule has 1 heterocycles. The molecule has 1 aromatic heterocycles. The van der Waals surface area contributed by atoms with Gasteiger partial charge in [-0.2, -0.15) is 0 Å². The summed E-state index contributed by atoms with van der Waals surface area (Å²) in [7, 11) is 0. The summed E-state index contributed by atoms with van der Waals surface area (Å²) >= 11 is 5.94. The summed E-state index contributed by atoms with van der Waals surface area (Å²) in [5.41, 5.74) is 8.11. The topological polar surface area (TPSA) is 80.8 Å². The molecule has 3 aromatic rings. The van der Waals surface area contributed by atoms with Crippen molar-refractivity contribution in [3.05, 3.63) is 70.4 Å². The number of amidine groups is 1. The van der Waals surface area contributed by atoms with Crippen molar-refractivity contribution in [1.82, 2.24) is 15.8 Å². The van der Waals surface area contributed by atoms with Gasteiger partial charge in [-0.25, -0.2) is 0 Å². The normalized spacial score (nSPS) is 10.5. The second-order valence-electron chi connectivity index (χ2n) is 5.24. The van der Waals surface area contributed by atoms with Crippen molar-refractivity contribution in [2.45, 2.75) is 6.92 Å². The third-order valence-corrected chi connectivity index (χ3v) is 3.67. The average Bonchev–Trinajstić information content (AvgIpc) is 2.95. The van der Waals surface area contributed by atoms with E-state index in [0.29, 0.717) is 16.3 Å². The molecule has 116 valence electrons. The fourth-order valence-corrected chi connectivity index (χ4v) is 2.47. The zero-order valence-corrected chi connectivity index (χ0v) is 13.2. The lowest BCUT2D eigenvalue weighted by atomic mass is 10.1. The zero-order chi connectivity index (χ0) is 16.4. The molecular formula is C17H15ClN4O. The molecule has 0 radical (unpaired) electrons. The highest BCUT2D eigenvalue weighted by molar-refractivity contribution is 6.31. The van der Waals surface area contributed by atoms with Crippen LogP contribution in [0.3, 0.4) is 0 Å². The van der Waals surface area contributed by atoms with Crippen LogP contribution in [-0.2, 0) is 0 Å². The Hall–Kier alpha value is -2.79. The number of hydrogen-bond donors (Lipinski definition) is 4. The molecule has 0 atom stereocenters. The second-order valence-corrected chi connectivity index (χ2v) is 5.67. The predicted molar refractivity (Wildman–Crippen MR) is 91.9 cm³/mol. The minimum absolute atomic E-state index is 0.126. The second kappa shape index (κ2) is 6.14. The van der Waals surface area contributed by atoms with Crippen molar-refractivity contribution in [2.75, 3.05) is 0 Å². The Labute approximate surface area is 138 Å². The molecule has 0 fully saturated rings. The van der Waals surface area contributed by atoms with Crippen LogP contribution < -0.4 is 10.9 Å². The highest BCUT2D eigenvalue weighted by Gasteiger charge is 2.10. The van der Waals surface area contributed by atoms with E-state index in [9.17, 15) is 4.79 Å². The van der Waals surface area contributed by atoms with Crippen molar-refractivity contribution in [1.29, 1.82) is 5.41 Å². The summed E-state index contributed by atoms with van der Waals surface area (Å²) in [5.74, 6) is -0.226. The molecule has 0 bridgehead atoms. The number of amides is 1. The minimum Gasteiger partial charge on any atom is -0.350 e. The van der Waals surface area contributed by atoms with Gasteiger partial charge in [0.05, 0.1) is 0 Å². The van der Waals surface area contributed by atoms with E-state index >= 15 is 0 Å². The van der Waals surface area contributed by atoms with Crippen LogP contribution in [0.5, 0.6) is 0 Å². The molecule has 23 heavy (non-hydrogen) atoms. The Morgan fingerprint density at radius 3 is 2.74 bits per heavy atom. The average molecular weight is 327 g/mol. The summed E-state index contributed by atoms with van der Waals surface area (Å²) in [6.07, 6.45) is 0. The lowest BCUT2D eigenvalue weighted by molar-refractivity contribution is 0.0939. The van der Waals surface area contributed by atoms with Gasteiger partial charge in [-0.05, 0) is 37.3 Å². The molecule has 3 rings (SSSR count). The van der Waals surface area contributed by atoms with Crippen molar-refractivity contribution < 1.29 is 4.79 Å². The summed E-state index contributed by atoms with van der Waals surface area (Å²) in [6.45, 7) is 1.95. The van der Waals surface area contributed by atoms with Crippen LogP contribution in [0.1, 0.15) is 21.6 Å². The number of benzene rings is 2. The van der Waals surface area contributed by atoms with Crippen LogP contribution in [0.25, 0.3) is 10.9 Å². The molecular weight excluding hydrogens is 312 g/mol. The van der Waals surface area contributed by atoms with E-state index in [4.69, 9.17) is 17.0 Å². The molecule has 6 heteroatoms. The first-order valence-corrected chi connectivity index (χ1v) is 7.41. The number of H-pyrrole nitrogens is 1. The number of hydrazine groups is 1. The van der Waals surface area contributed by atoms with Gasteiger partial charge in [0.25, 0.3) is 5.91 Å². The van der Waals surface area contributed by atoms with E-state index in [1.807, 2.05) is 31.2 Å². The largest absolute Gasteiger partial charge is 0.350 e. The van der Waals surface area contributed by atoms with E-state index in [1.54, 1.807) is 24.3 Å². The third kappa shape index (κ3) is 3.35. The first kappa shape index (κ1) is 15.1. The molecule has 0 saturated carbocycles. The first-order valence-electron chi connectivity index (χ1n) is 7.03. The quantitative estimate of drug-likeness (QED) is 0.331. The third-order valence-electron chi connectivity index (χ3n) is 3.44. The predicted octanol–water partition coefficient (Wildman–Crippen LogP) is 3.39. The maximum atomic E-state index is 12.2. The molecule has 0 spiro atoms. The number of aromatic amines is 1. The molecule has 4 N–H and O–H groups in total. The number of carbonyl (C=O) groups is 1. The molecule has 0 unspecified atom stereocenters. The highest BCUT2D eigenvalue weighted by Crippen LogP contribution is 2.19. The van der Waals surface area contributed by atoms with E-state index in [0.717, 1.165) is 16.5 Å². The van der Waals surface area contributed by atoms with Gasteiger partial charge in [0.1, 0.15) is 11.5 Å². The van der Waals surface area contributed by atoms with Gasteiger partial charge in [0.2, 0.25) is 0 Å². The van der Waals surface area contributed by atoms with E-state index in [2.05, 4.69) is 15.8 Å². The number of halogens is 1. The lowest BCUT2D eigenvalue weighted by Crippen LogP contribution is -2.41. The zero-order valence-electron chi connectivity index (χ0n) is 12.4. The van der Waals surface area contributed by atoms with Gasteiger partial charge < -0.3 is 4.98 Å². The Kier molecular flexibility index (Phi) is 4.04. The van der Waals surface area contributed by atoms with Gasteiger partial charge in [-0.1, -0.05) is 35.4 Å². The molecule has 2 aromatic carbocycles. The Morgan fingerprint density at radius 1 is 1.13 bits per heavy atom. The van der Waals surface area contributed by atoms with Gasteiger partial charge in [0.15, 0.2) is 0 Å². The summed E-state index contributed by atoms with van der Waals surface area (Å²) < 4.78 is 0. The monoisotopic (exact) mass is 326 g/mol. The number of carbonyl (C=O) groups excluding carboxylic acids is 1. The van der Waals surface area contributed by atoms with Crippen molar-refractivity contribution in [2.24, 2.45) is 0 Å². The smallest absolute Gasteiger partial charge is 0.286 e. The summed E-state index contributed by atoms with van der Waals surface area (Å²) in [4.78, 5) is 15.2. The number of hydrogen-bond acceptors (Lipinski definition) is 2. The molecule has 0 aliphatic heterocycles. The van der Waals surface area contributed by atoms with Crippen molar-refractivity contribution >= 4 is 34.2 Å². The summed E-state index contributed by atoms with van der Waals surface area (Å²) in [5, 5.41) is 9.44. The van der Waals surface area contributed by atoms with E-state index < -0.39 is 0 Å². The fourth-order valence-electron chi connectivity index (χ4n) is 2.29. The van der Waals surface area contributed by atoms with Crippen molar-refractivity contribution in [3.63, 3.8) is 0 Å². The van der Waals surface area contributed by atoms with Gasteiger partial charge in [0, 0.05) is 21.5 Å².